The Bertz CT molecular complexity index is 3330. The number of benzene rings is 4. The lowest BCUT2D eigenvalue weighted by Crippen LogP contribution is -2.58. The SMILES string of the molecule is CC(C)C(=O)N[C@H](C(=O)N1CCC[C@H]1Cn1nnnc1Sc1ccccc1)C(C)OCC#CC#CCOC(C)[C@H](NC(=O)[C@H](C)N(C)C(=O)OCC1c2ccccc2-c2ccccc21)C(=O)N1CCC[C@H]1Cn1nnnc1Sc1ccccc1. The minimum atomic E-state index is -1.19. The van der Waals surface area contributed by atoms with Crippen molar-refractivity contribution >= 4 is 53.2 Å². The number of rotatable bonds is 23. The van der Waals surface area contributed by atoms with Gasteiger partial charge < -0.3 is 34.6 Å². The molecule has 23 heteroatoms. The molecule has 4 aromatic carbocycles. The van der Waals surface area contributed by atoms with Gasteiger partial charge in [0, 0.05) is 41.8 Å². The minimum absolute atomic E-state index is 0.0687. The number of tetrazole rings is 2. The summed E-state index contributed by atoms with van der Waals surface area (Å²) in [4.78, 5) is 76.8. The van der Waals surface area contributed by atoms with E-state index in [4.69, 9.17) is 14.2 Å². The van der Waals surface area contributed by atoms with Crippen molar-refractivity contribution in [3.05, 3.63) is 120 Å². The van der Waals surface area contributed by atoms with E-state index in [-0.39, 0.29) is 61.5 Å². The highest BCUT2D eigenvalue weighted by molar-refractivity contribution is 7.99. The van der Waals surface area contributed by atoms with Crippen molar-refractivity contribution in [2.24, 2.45) is 5.92 Å². The molecular weight excluding hydrogens is 1110 g/mol. The molecule has 2 aromatic heterocycles. The van der Waals surface area contributed by atoms with Gasteiger partial charge in [-0.3, -0.25) is 24.1 Å². The molecule has 0 bridgehead atoms. The van der Waals surface area contributed by atoms with Gasteiger partial charge in [-0.1, -0.05) is 111 Å². The van der Waals surface area contributed by atoms with Gasteiger partial charge in [0.15, 0.2) is 0 Å². The van der Waals surface area contributed by atoms with Crippen LogP contribution in [0.4, 0.5) is 4.79 Å². The first-order chi connectivity index (χ1) is 40.7. The molecule has 1 aliphatic carbocycles. The standard InChI is InChI=1S/C61H69N13O8S2/c1-40(2)55(75)62-53(57(77)71-33-21-23-44(71)37-73-59(64-66-68-73)83-46-25-11-9-12-26-46)42(4)80-35-19-7-8-20-36-81-43(5)54(58(78)72-34-22-24-45(72)38-74-60(65-67-69-74)84-47-27-13-10-14-28-47)63-56(76)41(3)70(6)61(79)82-39-52-50-31-17-15-29-48(50)49-30-16-18-32-51(49)52/h9-18,25-32,40-45,52-54H,21-24,33-39H2,1-6H3,(H,62,75)(H,63,76)/t41-,42?,43?,44-,45-,53-,54-/m0/s1. The first kappa shape index (κ1) is 60.5. The lowest BCUT2D eigenvalue weighted by Gasteiger charge is -2.33. The quantitative estimate of drug-likeness (QED) is 0.0665. The summed E-state index contributed by atoms with van der Waals surface area (Å²) in [5.74, 6) is 9.20. The van der Waals surface area contributed by atoms with Gasteiger partial charge in [0.1, 0.15) is 37.9 Å². The van der Waals surface area contributed by atoms with E-state index in [1.165, 1.54) is 35.5 Å². The van der Waals surface area contributed by atoms with Crippen LogP contribution >= 0.6 is 23.5 Å². The number of carbonyl (C=O) groups excluding carboxylic acids is 5. The highest BCUT2D eigenvalue weighted by Gasteiger charge is 2.41. The van der Waals surface area contributed by atoms with Crippen LogP contribution in [0.5, 0.6) is 0 Å². The Labute approximate surface area is 497 Å². The van der Waals surface area contributed by atoms with Crippen molar-refractivity contribution in [1.29, 1.82) is 0 Å². The summed E-state index contributed by atoms with van der Waals surface area (Å²) >= 11 is 2.85. The molecule has 6 aromatic rings. The predicted molar refractivity (Wildman–Crippen MR) is 314 cm³/mol. The molecular formula is C61H69N13O8S2. The summed E-state index contributed by atoms with van der Waals surface area (Å²) in [6, 6.07) is 31.9. The zero-order chi connectivity index (χ0) is 59.1. The summed E-state index contributed by atoms with van der Waals surface area (Å²) < 4.78 is 21.5. The third kappa shape index (κ3) is 15.0. The third-order valence-electron chi connectivity index (χ3n) is 15.2. The van der Waals surface area contributed by atoms with E-state index in [9.17, 15) is 24.0 Å². The predicted octanol–water partition coefficient (Wildman–Crippen LogP) is 6.36. The number of hydrogen-bond acceptors (Lipinski definition) is 16. The van der Waals surface area contributed by atoms with Crippen molar-refractivity contribution in [1.82, 2.24) is 65.7 Å². The maximum Gasteiger partial charge on any atom is 0.410 e. The zero-order valence-electron chi connectivity index (χ0n) is 47.9. The lowest BCUT2D eigenvalue weighted by molar-refractivity contribution is -0.142. The molecule has 7 atom stereocenters. The van der Waals surface area contributed by atoms with Crippen LogP contribution in [0.3, 0.4) is 0 Å². The first-order valence-electron chi connectivity index (χ1n) is 28.2. The van der Waals surface area contributed by atoms with E-state index in [2.05, 4.69) is 77.5 Å². The van der Waals surface area contributed by atoms with Gasteiger partial charge in [0.05, 0.1) is 37.4 Å². The van der Waals surface area contributed by atoms with Gasteiger partial charge in [-0.25, -0.2) is 14.2 Å². The molecule has 9 rings (SSSR count). The molecule has 438 valence electrons. The summed E-state index contributed by atoms with van der Waals surface area (Å²) in [6.07, 6.45) is 0.553. The van der Waals surface area contributed by atoms with Crippen molar-refractivity contribution in [2.75, 3.05) is 40.0 Å². The van der Waals surface area contributed by atoms with E-state index in [1.54, 1.807) is 53.8 Å². The number of fused-ring (bicyclic) bond motifs is 3. The van der Waals surface area contributed by atoms with Gasteiger partial charge >= 0.3 is 6.09 Å². The fourth-order valence-corrected chi connectivity index (χ4v) is 12.0. The highest BCUT2D eigenvalue weighted by Crippen LogP contribution is 2.44. The number of nitrogens with one attached hydrogen (secondary N) is 2. The zero-order valence-corrected chi connectivity index (χ0v) is 49.5. The van der Waals surface area contributed by atoms with Gasteiger partial charge in [-0.05, 0) is 149 Å². The first-order valence-corrected chi connectivity index (χ1v) is 29.9. The summed E-state index contributed by atoms with van der Waals surface area (Å²) in [6.45, 7) is 9.95. The van der Waals surface area contributed by atoms with Crippen LogP contribution in [0.15, 0.2) is 129 Å². The molecule has 2 N–H and O–H groups in total. The van der Waals surface area contributed by atoms with Crippen LogP contribution in [-0.2, 0) is 46.5 Å². The average molecular weight is 1180 g/mol. The van der Waals surface area contributed by atoms with E-state index in [0.717, 1.165) is 44.9 Å². The second kappa shape index (κ2) is 28.9. The molecule has 21 nitrogen and oxygen atoms in total. The Morgan fingerprint density at radius 1 is 0.619 bits per heavy atom. The van der Waals surface area contributed by atoms with Gasteiger partial charge in [-0.2, -0.15) is 0 Å². The van der Waals surface area contributed by atoms with E-state index in [0.29, 0.717) is 49.3 Å². The molecule has 84 heavy (non-hydrogen) atoms. The van der Waals surface area contributed by atoms with Crippen LogP contribution in [0.2, 0.25) is 0 Å². The topological polar surface area (TPSA) is 234 Å². The van der Waals surface area contributed by atoms with Crippen molar-refractivity contribution in [3.8, 4) is 34.8 Å². The molecule has 0 radical (unpaired) electrons. The normalized spacial score (nSPS) is 17.1. The molecule has 4 heterocycles. The Hall–Kier alpha value is -8.09. The highest BCUT2D eigenvalue weighted by atomic mass is 32.2. The van der Waals surface area contributed by atoms with E-state index >= 15 is 0 Å². The smallest absolute Gasteiger partial charge is 0.410 e. The van der Waals surface area contributed by atoms with Gasteiger partial charge in [0.2, 0.25) is 33.9 Å². The number of amides is 5. The lowest BCUT2D eigenvalue weighted by atomic mass is 9.98. The Kier molecular flexibility index (Phi) is 20.8. The number of likely N-dealkylation sites (tertiary alicyclic amines) is 2. The summed E-state index contributed by atoms with van der Waals surface area (Å²) in [5.41, 5.74) is 4.31. The number of ether oxygens (including phenoxy) is 3. The van der Waals surface area contributed by atoms with Crippen molar-refractivity contribution < 1.29 is 38.2 Å². The minimum Gasteiger partial charge on any atom is -0.448 e. The Morgan fingerprint density at radius 2 is 1.06 bits per heavy atom. The van der Waals surface area contributed by atoms with E-state index in [1.807, 2.05) is 97.1 Å². The number of aromatic nitrogens is 8. The van der Waals surface area contributed by atoms with Crippen LogP contribution < -0.4 is 10.6 Å². The van der Waals surface area contributed by atoms with E-state index < -0.39 is 42.3 Å². The fraction of sp³-hybridized carbons (Fsp3) is 0.426. The molecule has 2 aliphatic heterocycles. The summed E-state index contributed by atoms with van der Waals surface area (Å²) in [5, 5.41) is 31.8. The average Bonchev–Trinajstić information content (AvgIpc) is 3.69. The monoisotopic (exact) mass is 1180 g/mol. The second-order valence-electron chi connectivity index (χ2n) is 21.1. The molecule has 0 spiro atoms. The molecule has 2 saturated heterocycles. The van der Waals surface area contributed by atoms with Gasteiger partial charge in [0.25, 0.3) is 0 Å². The molecule has 3 aliphatic rings. The Balaban J connectivity index is 0.826. The maximum absolute atomic E-state index is 14.8. The number of hydrogen-bond donors (Lipinski definition) is 2. The molecule has 2 fully saturated rings. The summed E-state index contributed by atoms with van der Waals surface area (Å²) in [7, 11) is 1.49. The van der Waals surface area contributed by atoms with Crippen molar-refractivity contribution in [3.63, 3.8) is 0 Å². The van der Waals surface area contributed by atoms with Crippen LogP contribution in [0.25, 0.3) is 11.1 Å². The van der Waals surface area contributed by atoms with Crippen LogP contribution in [0.1, 0.15) is 77.3 Å². The maximum atomic E-state index is 14.8. The molecule has 2 unspecified atom stereocenters. The Morgan fingerprint density at radius 3 is 1.52 bits per heavy atom. The van der Waals surface area contributed by atoms with Crippen molar-refractivity contribution in [2.45, 2.75) is 142 Å². The number of carbonyl (C=O) groups is 5. The van der Waals surface area contributed by atoms with Crippen LogP contribution in [0, 0.1) is 29.6 Å². The third-order valence-corrected chi connectivity index (χ3v) is 17.2. The number of nitrogens with zero attached hydrogens (tertiary/aromatic N) is 11. The fourth-order valence-electron chi connectivity index (χ4n) is 10.4. The largest absolute Gasteiger partial charge is 0.448 e. The number of likely N-dealkylation sites (N-methyl/N-ethyl adjacent to an activating group) is 1. The second-order valence-corrected chi connectivity index (χ2v) is 23.2. The molecule has 0 saturated carbocycles. The van der Waals surface area contributed by atoms with Gasteiger partial charge in [-0.15, -0.1) is 10.2 Å². The molecule has 5 amide bonds. The van der Waals surface area contributed by atoms with Crippen LogP contribution in [-0.4, -0.2) is 167 Å².